The van der Waals surface area contributed by atoms with Gasteiger partial charge in [0.05, 0.1) is 0 Å². The van der Waals surface area contributed by atoms with Gasteiger partial charge < -0.3 is 15.5 Å². The van der Waals surface area contributed by atoms with Crippen LogP contribution in [0.25, 0.3) is 0 Å². The van der Waals surface area contributed by atoms with Crippen LogP contribution in [0.2, 0.25) is 0 Å². The number of aliphatic imine (C=N–C) groups is 1. The topological polar surface area (TPSA) is 42.9 Å². The van der Waals surface area contributed by atoms with Gasteiger partial charge >= 0.3 is 0 Å². The largest absolute Gasteiger partial charge is 0.355 e. The normalized spacial score (nSPS) is 19.0. The predicted octanol–water partition coefficient (Wildman–Crippen LogP) is 2.68. The average Bonchev–Trinajstić information content (AvgIpc) is 2.64. The van der Waals surface area contributed by atoms with E-state index in [1.165, 1.54) is 43.4 Å². The number of likely N-dealkylation sites (tertiary alicyclic amines) is 1. The third kappa shape index (κ3) is 6.96. The first-order valence-electron chi connectivity index (χ1n) is 10.0. The molecular formula is C21H37N5. The molecule has 0 amide bonds. The monoisotopic (exact) mass is 359 g/mol. The fourth-order valence-corrected chi connectivity index (χ4v) is 3.74. The average molecular weight is 360 g/mol. The Balaban J connectivity index is 1.75. The van der Waals surface area contributed by atoms with Crippen molar-refractivity contribution in [3.63, 3.8) is 0 Å². The molecule has 146 valence electrons. The minimum atomic E-state index is 0.764. The Hall–Kier alpha value is -1.59. The van der Waals surface area contributed by atoms with Gasteiger partial charge in [-0.1, -0.05) is 37.6 Å². The van der Waals surface area contributed by atoms with Gasteiger partial charge in [-0.25, -0.2) is 0 Å². The Bertz CT molecular complexity index is 555. The Morgan fingerprint density at radius 3 is 2.77 bits per heavy atom. The second-order valence-corrected chi connectivity index (χ2v) is 7.50. The zero-order valence-corrected chi connectivity index (χ0v) is 17.1. The van der Waals surface area contributed by atoms with Crippen LogP contribution in [0.3, 0.4) is 0 Å². The molecule has 0 saturated carbocycles. The molecule has 1 atom stereocenters. The molecule has 26 heavy (non-hydrogen) atoms. The van der Waals surface area contributed by atoms with E-state index in [1.807, 2.05) is 7.05 Å². The van der Waals surface area contributed by atoms with Gasteiger partial charge in [0.2, 0.25) is 0 Å². The van der Waals surface area contributed by atoms with Crippen LogP contribution in [0.5, 0.6) is 0 Å². The zero-order valence-electron chi connectivity index (χ0n) is 17.1. The highest BCUT2D eigenvalue weighted by molar-refractivity contribution is 5.79. The summed E-state index contributed by atoms with van der Waals surface area (Å²) in [6.45, 7) is 7.35. The molecule has 1 aliphatic rings. The fourth-order valence-electron chi connectivity index (χ4n) is 3.74. The van der Waals surface area contributed by atoms with Crippen molar-refractivity contribution in [3.05, 3.63) is 35.4 Å². The maximum atomic E-state index is 4.36. The van der Waals surface area contributed by atoms with E-state index in [9.17, 15) is 0 Å². The van der Waals surface area contributed by atoms with Crippen molar-refractivity contribution in [1.29, 1.82) is 0 Å². The Morgan fingerprint density at radius 2 is 2.04 bits per heavy atom. The van der Waals surface area contributed by atoms with E-state index in [2.05, 4.69) is 70.7 Å². The van der Waals surface area contributed by atoms with Gasteiger partial charge in [-0.05, 0) is 51.0 Å². The number of hydrogen-bond donors (Lipinski definition) is 2. The van der Waals surface area contributed by atoms with Gasteiger partial charge in [0.15, 0.2) is 5.96 Å². The van der Waals surface area contributed by atoms with E-state index in [1.54, 1.807) is 0 Å². The van der Waals surface area contributed by atoms with Crippen molar-refractivity contribution in [2.45, 2.75) is 51.7 Å². The number of guanidine groups is 1. The predicted molar refractivity (Wildman–Crippen MR) is 112 cm³/mol. The molecule has 1 aliphatic heterocycles. The van der Waals surface area contributed by atoms with Crippen molar-refractivity contribution < 1.29 is 0 Å². The van der Waals surface area contributed by atoms with E-state index in [0.717, 1.165) is 38.2 Å². The van der Waals surface area contributed by atoms with Gasteiger partial charge in [-0.2, -0.15) is 0 Å². The van der Waals surface area contributed by atoms with E-state index in [4.69, 9.17) is 0 Å². The standard InChI is InChI=1S/C21H37N5/c1-5-20-11-6-7-13-26(20)14-12-23-21(22-2)24-16-18-9-8-10-19(15-18)17-25(3)4/h8-10,15,20H,5-7,11-14,16-17H2,1-4H3,(H2,22,23,24). The molecule has 1 heterocycles. The highest BCUT2D eigenvalue weighted by Crippen LogP contribution is 2.18. The third-order valence-corrected chi connectivity index (χ3v) is 5.09. The lowest BCUT2D eigenvalue weighted by molar-refractivity contribution is 0.147. The number of piperidine rings is 1. The molecule has 1 fully saturated rings. The molecule has 0 aromatic heterocycles. The summed E-state index contributed by atoms with van der Waals surface area (Å²) in [5.74, 6) is 0.882. The second kappa shape index (κ2) is 11.2. The minimum absolute atomic E-state index is 0.764. The van der Waals surface area contributed by atoms with E-state index in [0.29, 0.717) is 0 Å². The van der Waals surface area contributed by atoms with Crippen molar-refractivity contribution in [3.8, 4) is 0 Å². The molecule has 0 radical (unpaired) electrons. The molecule has 1 saturated heterocycles. The van der Waals surface area contributed by atoms with Gasteiger partial charge in [-0.3, -0.25) is 9.89 Å². The highest BCUT2D eigenvalue weighted by atomic mass is 15.2. The molecule has 2 rings (SSSR count). The van der Waals surface area contributed by atoms with Crippen molar-refractivity contribution in [2.24, 2.45) is 4.99 Å². The molecule has 1 aromatic carbocycles. The highest BCUT2D eigenvalue weighted by Gasteiger charge is 2.19. The van der Waals surface area contributed by atoms with Crippen LogP contribution >= 0.6 is 0 Å². The molecule has 1 aromatic rings. The number of hydrogen-bond acceptors (Lipinski definition) is 3. The van der Waals surface area contributed by atoms with Crippen molar-refractivity contribution >= 4 is 5.96 Å². The van der Waals surface area contributed by atoms with Crippen molar-refractivity contribution in [1.82, 2.24) is 20.4 Å². The van der Waals surface area contributed by atoms with Gasteiger partial charge in [0.25, 0.3) is 0 Å². The Labute approximate surface area is 159 Å². The number of benzene rings is 1. The Kier molecular flexibility index (Phi) is 8.92. The summed E-state index contributed by atoms with van der Waals surface area (Å²) >= 11 is 0. The van der Waals surface area contributed by atoms with E-state index in [-0.39, 0.29) is 0 Å². The van der Waals surface area contributed by atoms with Crippen molar-refractivity contribution in [2.75, 3.05) is 40.8 Å². The quantitative estimate of drug-likeness (QED) is 0.553. The molecule has 0 spiro atoms. The molecule has 5 nitrogen and oxygen atoms in total. The fraction of sp³-hybridized carbons (Fsp3) is 0.667. The first-order chi connectivity index (χ1) is 12.6. The van der Waals surface area contributed by atoms with Gasteiger partial charge in [-0.15, -0.1) is 0 Å². The summed E-state index contributed by atoms with van der Waals surface area (Å²) in [4.78, 5) is 9.19. The van der Waals surface area contributed by atoms with Crippen LogP contribution in [0.15, 0.2) is 29.3 Å². The lowest BCUT2D eigenvalue weighted by Crippen LogP contribution is -2.45. The third-order valence-electron chi connectivity index (χ3n) is 5.09. The lowest BCUT2D eigenvalue weighted by Gasteiger charge is -2.35. The van der Waals surface area contributed by atoms with Gasteiger partial charge in [0.1, 0.15) is 0 Å². The SMILES string of the molecule is CCC1CCCCN1CCNC(=NC)NCc1cccc(CN(C)C)c1. The van der Waals surface area contributed by atoms with Crippen LogP contribution in [-0.4, -0.2) is 62.6 Å². The number of nitrogens with zero attached hydrogens (tertiary/aromatic N) is 3. The summed E-state index contributed by atoms with van der Waals surface area (Å²) in [5.41, 5.74) is 2.63. The van der Waals surface area contributed by atoms with Crippen LogP contribution in [0.1, 0.15) is 43.7 Å². The first-order valence-corrected chi connectivity index (χ1v) is 10.0. The first kappa shape index (κ1) is 20.7. The smallest absolute Gasteiger partial charge is 0.191 e. The zero-order chi connectivity index (χ0) is 18.8. The molecule has 5 heteroatoms. The van der Waals surface area contributed by atoms with E-state index < -0.39 is 0 Å². The van der Waals surface area contributed by atoms with Crippen LogP contribution in [-0.2, 0) is 13.1 Å². The molecular weight excluding hydrogens is 322 g/mol. The summed E-state index contributed by atoms with van der Waals surface area (Å²) in [5, 5.41) is 6.90. The minimum Gasteiger partial charge on any atom is -0.355 e. The molecule has 2 N–H and O–H groups in total. The summed E-state index contributed by atoms with van der Waals surface area (Å²) in [6, 6.07) is 9.51. The molecule has 0 aliphatic carbocycles. The summed E-state index contributed by atoms with van der Waals surface area (Å²) in [7, 11) is 6.04. The Morgan fingerprint density at radius 1 is 1.23 bits per heavy atom. The number of rotatable bonds is 8. The van der Waals surface area contributed by atoms with Crippen LogP contribution in [0.4, 0.5) is 0 Å². The summed E-state index contributed by atoms with van der Waals surface area (Å²) in [6.07, 6.45) is 5.34. The van der Waals surface area contributed by atoms with Crippen LogP contribution in [0, 0.1) is 0 Å². The van der Waals surface area contributed by atoms with Crippen LogP contribution < -0.4 is 10.6 Å². The van der Waals surface area contributed by atoms with Gasteiger partial charge in [0, 0.05) is 39.3 Å². The molecule has 0 bridgehead atoms. The maximum absolute atomic E-state index is 4.36. The molecule has 1 unspecified atom stereocenters. The van der Waals surface area contributed by atoms with E-state index >= 15 is 0 Å². The lowest BCUT2D eigenvalue weighted by atomic mass is 10.0. The number of nitrogens with one attached hydrogen (secondary N) is 2. The summed E-state index contributed by atoms with van der Waals surface area (Å²) < 4.78 is 0. The maximum Gasteiger partial charge on any atom is 0.191 e. The second-order valence-electron chi connectivity index (χ2n) is 7.50.